The quantitative estimate of drug-likeness (QED) is 0.888. The summed E-state index contributed by atoms with van der Waals surface area (Å²) in [5, 5.41) is 6.25. The Labute approximate surface area is 104 Å². The smallest absolute Gasteiger partial charge is 0.251 e. The maximum Gasteiger partial charge on any atom is 0.251 e. The summed E-state index contributed by atoms with van der Waals surface area (Å²) in [6.45, 7) is 2.85. The van der Waals surface area contributed by atoms with Crippen LogP contribution in [0.15, 0.2) is 28.7 Å². The van der Waals surface area contributed by atoms with Gasteiger partial charge in [-0.25, -0.2) is 0 Å². The number of amides is 1. The van der Waals surface area contributed by atoms with Gasteiger partial charge in [0.1, 0.15) is 0 Å². The van der Waals surface area contributed by atoms with E-state index in [4.69, 9.17) is 0 Å². The van der Waals surface area contributed by atoms with Crippen molar-refractivity contribution < 1.29 is 4.79 Å². The van der Waals surface area contributed by atoms with Crippen molar-refractivity contribution in [3.8, 4) is 0 Å². The molecule has 1 amide bonds. The molecule has 1 aliphatic rings. The standard InChI is InChI=1S/C12H15BrN2O/c13-11-3-1-10(2-4-11)12(16)15-8-9-5-6-14-7-9/h1-4,9,14H,5-8H2,(H,15,16). The fraction of sp³-hybridized carbons (Fsp3) is 0.417. The minimum atomic E-state index is 0.0133. The lowest BCUT2D eigenvalue weighted by Gasteiger charge is -2.09. The number of hydrogen-bond donors (Lipinski definition) is 2. The first kappa shape index (κ1) is 11.6. The molecule has 3 nitrogen and oxygen atoms in total. The minimum Gasteiger partial charge on any atom is -0.352 e. The average molecular weight is 283 g/mol. The van der Waals surface area contributed by atoms with Gasteiger partial charge in [-0.05, 0) is 49.7 Å². The van der Waals surface area contributed by atoms with Crippen molar-refractivity contribution in [2.24, 2.45) is 5.92 Å². The average Bonchev–Trinajstić information content (AvgIpc) is 2.80. The third-order valence-electron chi connectivity index (χ3n) is 2.82. The monoisotopic (exact) mass is 282 g/mol. The molecule has 1 atom stereocenters. The van der Waals surface area contributed by atoms with E-state index in [1.54, 1.807) is 0 Å². The van der Waals surface area contributed by atoms with Gasteiger partial charge in [0.05, 0.1) is 0 Å². The third-order valence-corrected chi connectivity index (χ3v) is 3.35. The molecule has 1 saturated heterocycles. The first-order valence-corrected chi connectivity index (χ1v) is 6.29. The van der Waals surface area contributed by atoms with E-state index < -0.39 is 0 Å². The van der Waals surface area contributed by atoms with Crippen molar-refractivity contribution in [2.45, 2.75) is 6.42 Å². The summed E-state index contributed by atoms with van der Waals surface area (Å²) in [6, 6.07) is 7.41. The molecule has 0 aliphatic carbocycles. The van der Waals surface area contributed by atoms with E-state index in [9.17, 15) is 4.79 Å². The molecule has 1 aliphatic heterocycles. The van der Waals surface area contributed by atoms with Crippen LogP contribution in [0.1, 0.15) is 16.8 Å². The molecule has 1 unspecified atom stereocenters. The second-order valence-electron chi connectivity index (χ2n) is 4.08. The first-order valence-electron chi connectivity index (χ1n) is 5.50. The highest BCUT2D eigenvalue weighted by atomic mass is 79.9. The van der Waals surface area contributed by atoms with Crippen LogP contribution in [-0.2, 0) is 0 Å². The Morgan fingerprint density at radius 1 is 1.44 bits per heavy atom. The molecule has 0 bridgehead atoms. The summed E-state index contributed by atoms with van der Waals surface area (Å²) in [7, 11) is 0. The molecule has 0 spiro atoms. The van der Waals surface area contributed by atoms with Crippen LogP contribution < -0.4 is 10.6 Å². The number of carbonyl (C=O) groups is 1. The predicted octanol–water partition coefficient (Wildman–Crippen LogP) is 1.79. The summed E-state index contributed by atoms with van der Waals surface area (Å²) >= 11 is 3.35. The molecule has 2 N–H and O–H groups in total. The van der Waals surface area contributed by atoms with Gasteiger partial charge >= 0.3 is 0 Å². The van der Waals surface area contributed by atoms with Crippen LogP contribution in [0.5, 0.6) is 0 Å². The van der Waals surface area contributed by atoms with Gasteiger partial charge in [0.15, 0.2) is 0 Å². The van der Waals surface area contributed by atoms with Gasteiger partial charge in [0, 0.05) is 16.6 Å². The fourth-order valence-electron chi connectivity index (χ4n) is 1.83. The molecule has 0 radical (unpaired) electrons. The van der Waals surface area contributed by atoms with Crippen LogP contribution in [-0.4, -0.2) is 25.5 Å². The van der Waals surface area contributed by atoms with Crippen LogP contribution in [0, 0.1) is 5.92 Å². The Bertz CT molecular complexity index is 358. The molecule has 0 aromatic heterocycles. The molecule has 1 fully saturated rings. The Hall–Kier alpha value is -0.870. The zero-order valence-electron chi connectivity index (χ0n) is 9.00. The predicted molar refractivity (Wildman–Crippen MR) is 67.5 cm³/mol. The van der Waals surface area contributed by atoms with Gasteiger partial charge in [0.25, 0.3) is 5.91 Å². The van der Waals surface area contributed by atoms with Gasteiger partial charge in [0.2, 0.25) is 0 Å². The summed E-state index contributed by atoms with van der Waals surface area (Å²) in [5.41, 5.74) is 0.717. The molecule has 16 heavy (non-hydrogen) atoms. The van der Waals surface area contributed by atoms with Gasteiger partial charge in [-0.15, -0.1) is 0 Å². The Morgan fingerprint density at radius 2 is 2.19 bits per heavy atom. The third kappa shape index (κ3) is 3.06. The lowest BCUT2D eigenvalue weighted by atomic mass is 10.1. The van der Waals surface area contributed by atoms with E-state index in [-0.39, 0.29) is 5.91 Å². The van der Waals surface area contributed by atoms with Gasteiger partial charge < -0.3 is 10.6 Å². The number of hydrogen-bond acceptors (Lipinski definition) is 2. The maximum atomic E-state index is 11.8. The number of nitrogens with one attached hydrogen (secondary N) is 2. The molecule has 86 valence electrons. The van der Waals surface area contributed by atoms with Crippen molar-refractivity contribution in [3.63, 3.8) is 0 Å². The van der Waals surface area contributed by atoms with Gasteiger partial charge in [-0.3, -0.25) is 4.79 Å². The summed E-state index contributed by atoms with van der Waals surface area (Å²) in [5.74, 6) is 0.596. The number of halogens is 1. The summed E-state index contributed by atoms with van der Waals surface area (Å²) < 4.78 is 0.990. The number of rotatable bonds is 3. The van der Waals surface area contributed by atoms with Crippen molar-refractivity contribution in [2.75, 3.05) is 19.6 Å². The normalized spacial score (nSPS) is 19.7. The molecule has 4 heteroatoms. The summed E-state index contributed by atoms with van der Waals surface area (Å²) in [4.78, 5) is 11.8. The molecule has 1 aromatic rings. The van der Waals surface area contributed by atoms with Crippen molar-refractivity contribution in [3.05, 3.63) is 34.3 Å². The number of carbonyl (C=O) groups excluding carboxylic acids is 1. The summed E-state index contributed by atoms with van der Waals surface area (Å²) in [6.07, 6.45) is 1.15. The van der Waals surface area contributed by atoms with Gasteiger partial charge in [-0.1, -0.05) is 15.9 Å². The maximum absolute atomic E-state index is 11.8. The van der Waals surface area contributed by atoms with Crippen LogP contribution in [0.3, 0.4) is 0 Å². The van der Waals surface area contributed by atoms with Crippen molar-refractivity contribution in [1.82, 2.24) is 10.6 Å². The van der Waals surface area contributed by atoms with E-state index in [0.29, 0.717) is 11.5 Å². The zero-order valence-corrected chi connectivity index (χ0v) is 10.6. The Balaban J connectivity index is 1.85. The SMILES string of the molecule is O=C(NCC1CCNC1)c1ccc(Br)cc1. The van der Waals surface area contributed by atoms with Crippen LogP contribution in [0.2, 0.25) is 0 Å². The van der Waals surface area contributed by atoms with Crippen LogP contribution in [0.4, 0.5) is 0 Å². The first-order chi connectivity index (χ1) is 7.75. The highest BCUT2D eigenvalue weighted by Gasteiger charge is 2.15. The fourth-order valence-corrected chi connectivity index (χ4v) is 2.09. The van der Waals surface area contributed by atoms with Crippen molar-refractivity contribution >= 4 is 21.8 Å². The minimum absolute atomic E-state index is 0.0133. The Morgan fingerprint density at radius 3 is 2.81 bits per heavy atom. The van der Waals surface area contributed by atoms with Crippen LogP contribution in [0.25, 0.3) is 0 Å². The van der Waals surface area contributed by atoms with E-state index in [2.05, 4.69) is 26.6 Å². The van der Waals surface area contributed by atoms with E-state index in [1.807, 2.05) is 24.3 Å². The molecule has 0 saturated carbocycles. The van der Waals surface area contributed by atoms with Crippen LogP contribution >= 0.6 is 15.9 Å². The molecular weight excluding hydrogens is 268 g/mol. The second kappa shape index (κ2) is 5.46. The van der Waals surface area contributed by atoms with E-state index >= 15 is 0 Å². The topological polar surface area (TPSA) is 41.1 Å². The van der Waals surface area contributed by atoms with Gasteiger partial charge in [-0.2, -0.15) is 0 Å². The molecular formula is C12H15BrN2O. The highest BCUT2D eigenvalue weighted by molar-refractivity contribution is 9.10. The number of benzene rings is 1. The second-order valence-corrected chi connectivity index (χ2v) is 4.99. The molecule has 1 aromatic carbocycles. The highest BCUT2D eigenvalue weighted by Crippen LogP contribution is 2.11. The van der Waals surface area contributed by atoms with E-state index in [1.165, 1.54) is 0 Å². The lowest BCUT2D eigenvalue weighted by molar-refractivity contribution is 0.0948. The lowest BCUT2D eigenvalue weighted by Crippen LogP contribution is -2.30. The Kier molecular flexibility index (Phi) is 3.96. The molecule has 1 heterocycles. The molecule has 2 rings (SSSR count). The largest absolute Gasteiger partial charge is 0.352 e. The van der Waals surface area contributed by atoms with Crippen molar-refractivity contribution in [1.29, 1.82) is 0 Å². The zero-order chi connectivity index (χ0) is 11.4. The van der Waals surface area contributed by atoms with E-state index in [0.717, 1.165) is 30.5 Å².